The average molecular weight is 380 g/mol. The Balaban J connectivity index is 1.67. The van der Waals surface area contributed by atoms with Crippen molar-refractivity contribution in [3.05, 3.63) is 71.4 Å². The minimum absolute atomic E-state index is 0.781. The molecule has 0 radical (unpaired) electrons. The van der Waals surface area contributed by atoms with Gasteiger partial charge in [0.25, 0.3) is 0 Å². The van der Waals surface area contributed by atoms with Crippen LogP contribution >= 0.6 is 0 Å². The fourth-order valence-electron chi connectivity index (χ4n) is 3.48. The maximum Gasteiger partial charge on any atom is 0.0737 e. The van der Waals surface area contributed by atoms with Crippen LogP contribution in [0.3, 0.4) is 0 Å². The molecule has 150 valence electrons. The highest BCUT2D eigenvalue weighted by molar-refractivity contribution is 6.12. The zero-order valence-corrected chi connectivity index (χ0v) is 17.2. The van der Waals surface area contributed by atoms with Crippen LogP contribution in [0, 0.1) is 0 Å². The Bertz CT molecular complexity index is 743. The van der Waals surface area contributed by atoms with Crippen LogP contribution in [-0.2, 0) is 0 Å². The molecule has 1 aliphatic carbocycles. The van der Waals surface area contributed by atoms with E-state index in [0.29, 0.717) is 0 Å². The van der Waals surface area contributed by atoms with Crippen molar-refractivity contribution in [2.45, 2.75) is 26.7 Å². The molecular formula is C23H33N5. The van der Waals surface area contributed by atoms with Crippen molar-refractivity contribution in [3.8, 4) is 0 Å². The molecule has 2 heterocycles. The van der Waals surface area contributed by atoms with Crippen molar-refractivity contribution < 1.29 is 0 Å². The van der Waals surface area contributed by atoms with Gasteiger partial charge < -0.3 is 20.9 Å². The first kappa shape index (κ1) is 20.2. The molecule has 5 nitrogen and oxygen atoms in total. The minimum atomic E-state index is 0.781. The van der Waals surface area contributed by atoms with E-state index in [9.17, 15) is 0 Å². The average Bonchev–Trinajstić information content (AvgIpc) is 2.76. The molecule has 0 saturated carbocycles. The predicted octanol–water partition coefficient (Wildman–Crippen LogP) is 3.01. The fraction of sp³-hybridized carbons (Fsp3) is 0.435. The summed E-state index contributed by atoms with van der Waals surface area (Å²) in [7, 11) is 0. The molecule has 3 rings (SSSR count). The largest absolute Gasteiger partial charge is 0.386 e. The Morgan fingerprint density at radius 3 is 2.89 bits per heavy atom. The Kier molecular flexibility index (Phi) is 7.73. The van der Waals surface area contributed by atoms with Crippen LogP contribution in [0.5, 0.6) is 0 Å². The van der Waals surface area contributed by atoms with Crippen LogP contribution < -0.4 is 16.0 Å². The van der Waals surface area contributed by atoms with E-state index in [1.54, 1.807) is 0 Å². The van der Waals surface area contributed by atoms with E-state index in [4.69, 9.17) is 0 Å². The number of nitrogens with zero attached hydrogens (tertiary/aromatic N) is 2. The summed E-state index contributed by atoms with van der Waals surface area (Å²) in [6.45, 7) is 10.1. The summed E-state index contributed by atoms with van der Waals surface area (Å²) in [4.78, 5) is 7.09. The third kappa shape index (κ3) is 5.49. The number of hydrogen-bond donors (Lipinski definition) is 3. The maximum absolute atomic E-state index is 4.63. The van der Waals surface area contributed by atoms with E-state index in [1.807, 2.05) is 19.2 Å². The van der Waals surface area contributed by atoms with E-state index in [1.165, 1.54) is 22.5 Å². The van der Waals surface area contributed by atoms with Crippen molar-refractivity contribution in [2.75, 3.05) is 39.3 Å². The quantitative estimate of drug-likeness (QED) is 0.636. The van der Waals surface area contributed by atoms with Gasteiger partial charge in [0, 0.05) is 51.7 Å². The van der Waals surface area contributed by atoms with Crippen LogP contribution in [0.1, 0.15) is 26.7 Å². The highest BCUT2D eigenvalue weighted by atomic mass is 15.2. The van der Waals surface area contributed by atoms with Crippen LogP contribution in [0.4, 0.5) is 0 Å². The first-order valence-corrected chi connectivity index (χ1v) is 10.4. The zero-order chi connectivity index (χ0) is 19.6. The molecule has 0 bridgehead atoms. The Morgan fingerprint density at radius 1 is 1.25 bits per heavy atom. The molecule has 3 N–H and O–H groups in total. The van der Waals surface area contributed by atoms with Crippen LogP contribution in [0.2, 0.25) is 0 Å². The van der Waals surface area contributed by atoms with E-state index < -0.39 is 0 Å². The number of dihydropyridines is 1. The van der Waals surface area contributed by atoms with Gasteiger partial charge in [-0.15, -0.1) is 0 Å². The van der Waals surface area contributed by atoms with Gasteiger partial charge in [0.1, 0.15) is 0 Å². The van der Waals surface area contributed by atoms with Crippen molar-refractivity contribution in [1.29, 1.82) is 0 Å². The summed E-state index contributed by atoms with van der Waals surface area (Å²) < 4.78 is 0. The third-order valence-electron chi connectivity index (χ3n) is 4.99. The van der Waals surface area contributed by atoms with Crippen LogP contribution in [0.15, 0.2) is 76.4 Å². The highest BCUT2D eigenvalue weighted by Crippen LogP contribution is 2.18. The molecule has 0 atom stereocenters. The molecule has 0 aromatic carbocycles. The van der Waals surface area contributed by atoms with Gasteiger partial charge in [0.2, 0.25) is 0 Å². The lowest BCUT2D eigenvalue weighted by Crippen LogP contribution is -2.45. The number of rotatable bonds is 7. The summed E-state index contributed by atoms with van der Waals surface area (Å²) in [5, 5.41) is 10.4. The number of allylic oxidation sites excluding steroid dienone is 5. The second kappa shape index (κ2) is 10.7. The third-order valence-corrected chi connectivity index (χ3v) is 4.99. The van der Waals surface area contributed by atoms with Crippen molar-refractivity contribution in [3.63, 3.8) is 0 Å². The summed E-state index contributed by atoms with van der Waals surface area (Å²) in [5.74, 6) is 0. The number of unbranched alkanes of at least 4 members (excludes halogenated alkanes) is 1. The summed E-state index contributed by atoms with van der Waals surface area (Å²) in [6, 6.07) is 0. The summed E-state index contributed by atoms with van der Waals surface area (Å²) in [5.41, 5.74) is 5.97. The summed E-state index contributed by atoms with van der Waals surface area (Å²) in [6.07, 6.45) is 19.3. The number of piperazine rings is 1. The minimum Gasteiger partial charge on any atom is -0.386 e. The summed E-state index contributed by atoms with van der Waals surface area (Å²) >= 11 is 0. The van der Waals surface area contributed by atoms with Gasteiger partial charge in [-0.05, 0) is 36.6 Å². The second-order valence-corrected chi connectivity index (χ2v) is 7.14. The maximum atomic E-state index is 4.63. The van der Waals surface area contributed by atoms with Crippen molar-refractivity contribution >= 4 is 5.71 Å². The molecule has 5 heteroatoms. The monoisotopic (exact) mass is 379 g/mol. The molecule has 0 aromatic heterocycles. The van der Waals surface area contributed by atoms with Crippen LogP contribution in [-0.4, -0.2) is 49.9 Å². The normalized spacial score (nSPS) is 22.9. The van der Waals surface area contributed by atoms with E-state index >= 15 is 0 Å². The smallest absolute Gasteiger partial charge is 0.0737 e. The first-order valence-electron chi connectivity index (χ1n) is 10.4. The fourth-order valence-corrected chi connectivity index (χ4v) is 3.48. The lowest BCUT2D eigenvalue weighted by Gasteiger charge is -2.34. The van der Waals surface area contributed by atoms with Crippen LogP contribution in [0.25, 0.3) is 0 Å². The van der Waals surface area contributed by atoms with Gasteiger partial charge in [-0.25, -0.2) is 0 Å². The van der Waals surface area contributed by atoms with Gasteiger partial charge >= 0.3 is 0 Å². The SMILES string of the molecule is C\C=C/N=C1\C=C(CNC2=CNCC=C2N2CCNCC2)C=C\C1=C/CCC. The molecule has 0 amide bonds. The van der Waals surface area contributed by atoms with Crippen molar-refractivity contribution in [1.82, 2.24) is 20.9 Å². The standard InChI is InChI=1S/C23H33N5/c1-3-5-6-20-8-7-19(16-21(20)26-10-4-2)17-27-22-18-25-11-9-23(22)28-14-12-24-13-15-28/h4,6-10,16,18,24-25,27H,3,5,11-15,17H2,1-2H3/b10-4-,20-6+,26-21+. The van der Waals surface area contributed by atoms with Gasteiger partial charge in [0.15, 0.2) is 0 Å². The lowest BCUT2D eigenvalue weighted by molar-refractivity contribution is 0.299. The molecule has 0 unspecified atom stereocenters. The molecule has 1 saturated heterocycles. The van der Waals surface area contributed by atoms with Gasteiger partial charge in [-0.2, -0.15) is 0 Å². The Hall–Kier alpha value is -2.53. The van der Waals surface area contributed by atoms with Gasteiger partial charge in [0.05, 0.1) is 17.1 Å². The molecule has 2 aliphatic heterocycles. The lowest BCUT2D eigenvalue weighted by atomic mass is 9.98. The van der Waals surface area contributed by atoms with E-state index in [2.05, 4.69) is 69.3 Å². The number of hydrogen-bond acceptors (Lipinski definition) is 5. The van der Waals surface area contributed by atoms with Crippen molar-refractivity contribution in [2.24, 2.45) is 4.99 Å². The molecule has 1 fully saturated rings. The highest BCUT2D eigenvalue weighted by Gasteiger charge is 2.18. The number of aliphatic imine (C=N–C) groups is 1. The van der Waals surface area contributed by atoms with E-state index in [-0.39, 0.29) is 0 Å². The topological polar surface area (TPSA) is 51.7 Å². The van der Waals surface area contributed by atoms with Gasteiger partial charge in [-0.1, -0.05) is 37.6 Å². The molecular weight excluding hydrogens is 346 g/mol. The molecule has 0 aromatic rings. The number of nitrogens with one attached hydrogen (secondary N) is 3. The molecule has 3 aliphatic rings. The van der Waals surface area contributed by atoms with Gasteiger partial charge in [-0.3, -0.25) is 4.99 Å². The molecule has 0 spiro atoms. The second-order valence-electron chi connectivity index (χ2n) is 7.14. The van der Waals surface area contributed by atoms with E-state index in [0.717, 1.165) is 57.8 Å². The first-order chi connectivity index (χ1) is 13.8. The molecule has 28 heavy (non-hydrogen) atoms. The zero-order valence-electron chi connectivity index (χ0n) is 17.2. The predicted molar refractivity (Wildman–Crippen MR) is 119 cm³/mol. The Labute approximate surface area is 169 Å². The Morgan fingerprint density at radius 2 is 2.11 bits per heavy atom.